The molecule has 0 atom stereocenters. The van der Waals surface area contributed by atoms with E-state index < -0.39 is 0 Å². The van der Waals surface area contributed by atoms with Crippen LogP contribution in [0.3, 0.4) is 0 Å². The molecule has 168 valence electrons. The molecule has 2 heterocycles. The van der Waals surface area contributed by atoms with Gasteiger partial charge in [-0.25, -0.2) is 0 Å². The summed E-state index contributed by atoms with van der Waals surface area (Å²) in [4.78, 5) is 7.20. The van der Waals surface area contributed by atoms with E-state index in [1.165, 1.54) is 34.9 Å². The van der Waals surface area contributed by atoms with Gasteiger partial charge in [-0.1, -0.05) is 83.7 Å². The Hall–Kier alpha value is -2.89. The van der Waals surface area contributed by atoms with Crippen LogP contribution in [0, 0.1) is 0 Å². The van der Waals surface area contributed by atoms with Crippen LogP contribution in [0.1, 0.15) is 0 Å². The molecule has 35 heavy (non-hydrogen) atoms. The highest BCUT2D eigenvalue weighted by molar-refractivity contribution is 8.05. The first-order valence-corrected chi connectivity index (χ1v) is 14.1. The predicted molar refractivity (Wildman–Crippen MR) is 154 cm³/mol. The zero-order valence-corrected chi connectivity index (χ0v) is 21.6. The van der Waals surface area contributed by atoms with Crippen LogP contribution in [0.25, 0.3) is 20.2 Å². The number of thiophene rings is 1. The highest BCUT2D eigenvalue weighted by Crippen LogP contribution is 2.56. The van der Waals surface area contributed by atoms with Crippen molar-refractivity contribution in [1.82, 2.24) is 0 Å². The SMILES string of the molecule is Clc1ccc(N(c2ccccc2)c2ccc3sc4ccccc4c3c2)c2c1Sc1ccccc1S2. The first-order valence-electron chi connectivity index (χ1n) is 11.3. The minimum absolute atomic E-state index is 0.794. The fourth-order valence-electron chi connectivity index (χ4n) is 4.59. The number of halogens is 1. The van der Waals surface area contributed by atoms with Gasteiger partial charge < -0.3 is 4.90 Å². The summed E-state index contributed by atoms with van der Waals surface area (Å²) in [6, 6.07) is 38.8. The Morgan fingerprint density at radius 3 is 2.06 bits per heavy atom. The van der Waals surface area contributed by atoms with E-state index in [-0.39, 0.29) is 0 Å². The van der Waals surface area contributed by atoms with Gasteiger partial charge in [0, 0.05) is 46.2 Å². The minimum atomic E-state index is 0.794. The second-order valence-electron chi connectivity index (χ2n) is 8.33. The molecule has 0 fully saturated rings. The summed E-state index contributed by atoms with van der Waals surface area (Å²) >= 11 is 12.2. The molecule has 6 aromatic rings. The maximum Gasteiger partial charge on any atom is 0.0613 e. The summed E-state index contributed by atoms with van der Waals surface area (Å²) in [5.41, 5.74) is 3.41. The van der Waals surface area contributed by atoms with Crippen LogP contribution in [-0.2, 0) is 0 Å². The number of nitrogens with zero attached hydrogens (tertiary/aromatic N) is 1. The lowest BCUT2D eigenvalue weighted by Crippen LogP contribution is -2.12. The zero-order valence-electron chi connectivity index (χ0n) is 18.4. The topological polar surface area (TPSA) is 3.24 Å². The molecule has 0 spiro atoms. The average molecular weight is 524 g/mol. The van der Waals surface area contributed by atoms with Crippen LogP contribution >= 0.6 is 46.5 Å². The second-order valence-corrected chi connectivity index (χ2v) is 11.9. The number of benzene rings is 5. The fraction of sp³-hybridized carbons (Fsp3) is 0. The molecule has 1 aromatic heterocycles. The lowest BCUT2D eigenvalue weighted by molar-refractivity contribution is 1.12. The molecule has 0 saturated heterocycles. The Bertz CT molecular complexity index is 1730. The van der Waals surface area contributed by atoms with Crippen LogP contribution < -0.4 is 4.90 Å². The Kier molecular flexibility index (Phi) is 5.29. The quantitative estimate of drug-likeness (QED) is 0.227. The molecule has 0 unspecified atom stereocenters. The summed E-state index contributed by atoms with van der Waals surface area (Å²) < 4.78 is 2.62. The Labute approximate surface area is 221 Å². The van der Waals surface area contributed by atoms with Gasteiger partial charge in [0.2, 0.25) is 0 Å². The summed E-state index contributed by atoms with van der Waals surface area (Å²) in [5.74, 6) is 0. The van der Waals surface area contributed by atoms with Crippen LogP contribution in [0.5, 0.6) is 0 Å². The molecule has 0 radical (unpaired) electrons. The van der Waals surface area contributed by atoms with Crippen molar-refractivity contribution in [2.75, 3.05) is 4.90 Å². The molecule has 5 aromatic carbocycles. The Morgan fingerprint density at radius 2 is 1.23 bits per heavy atom. The molecule has 0 aliphatic carbocycles. The van der Waals surface area contributed by atoms with Gasteiger partial charge in [0.1, 0.15) is 0 Å². The first kappa shape index (κ1) is 21.4. The third kappa shape index (κ3) is 3.64. The third-order valence-corrected chi connectivity index (χ3v) is 10.4. The summed E-state index contributed by atoms with van der Waals surface area (Å²) in [6.45, 7) is 0. The van der Waals surface area contributed by atoms with Crippen LogP contribution in [0.2, 0.25) is 5.02 Å². The van der Waals surface area contributed by atoms with Gasteiger partial charge in [-0.2, -0.15) is 0 Å². The number of hydrogen-bond acceptors (Lipinski definition) is 4. The van der Waals surface area contributed by atoms with Crippen LogP contribution in [0.4, 0.5) is 17.1 Å². The molecule has 1 aliphatic rings. The highest BCUT2D eigenvalue weighted by atomic mass is 35.5. The fourth-order valence-corrected chi connectivity index (χ4v) is 8.41. The van der Waals surface area contributed by atoms with Crippen molar-refractivity contribution >= 4 is 83.7 Å². The smallest absolute Gasteiger partial charge is 0.0613 e. The van der Waals surface area contributed by atoms with Crippen molar-refractivity contribution in [2.24, 2.45) is 0 Å². The summed E-state index contributed by atoms with van der Waals surface area (Å²) in [7, 11) is 0. The minimum Gasteiger partial charge on any atom is -0.309 e. The number of rotatable bonds is 3. The van der Waals surface area contributed by atoms with E-state index in [9.17, 15) is 0 Å². The van der Waals surface area contributed by atoms with Gasteiger partial charge in [0.15, 0.2) is 0 Å². The van der Waals surface area contributed by atoms with E-state index in [4.69, 9.17) is 11.6 Å². The van der Waals surface area contributed by atoms with E-state index in [0.29, 0.717) is 0 Å². The molecule has 1 nitrogen and oxygen atoms in total. The number of anilines is 3. The standard InChI is InChI=1S/C30H18ClNS3/c31-23-15-16-24(30-29(23)34-27-12-6-7-13-28(27)35-30)32(19-8-2-1-3-9-19)20-14-17-26-22(18-20)21-10-4-5-11-25(21)33-26/h1-18H. The van der Waals surface area contributed by atoms with Crippen LogP contribution in [-0.4, -0.2) is 0 Å². The summed E-state index contributed by atoms with van der Waals surface area (Å²) in [5, 5.41) is 3.39. The molecule has 0 amide bonds. The van der Waals surface area contributed by atoms with Crippen molar-refractivity contribution < 1.29 is 0 Å². The zero-order chi connectivity index (χ0) is 23.4. The monoisotopic (exact) mass is 523 g/mol. The molecule has 0 saturated carbocycles. The maximum atomic E-state index is 6.75. The van der Waals surface area contributed by atoms with Crippen LogP contribution in [0.15, 0.2) is 129 Å². The van der Waals surface area contributed by atoms with Gasteiger partial charge in [-0.15, -0.1) is 11.3 Å². The predicted octanol–water partition coefficient (Wildman–Crippen LogP) is 10.8. The number of fused-ring (bicyclic) bond motifs is 5. The van der Waals surface area contributed by atoms with Gasteiger partial charge in [-0.05, 0) is 60.7 Å². The maximum absolute atomic E-state index is 6.75. The van der Waals surface area contributed by atoms with Crippen molar-refractivity contribution in [2.45, 2.75) is 19.6 Å². The van der Waals surface area contributed by atoms with Crippen molar-refractivity contribution in [1.29, 1.82) is 0 Å². The lowest BCUT2D eigenvalue weighted by Gasteiger charge is -2.30. The molecular formula is C30H18ClNS3. The van der Waals surface area contributed by atoms with Crippen molar-refractivity contribution in [3.05, 3.63) is 114 Å². The lowest BCUT2D eigenvalue weighted by atomic mass is 10.1. The third-order valence-electron chi connectivity index (χ3n) is 6.19. The normalized spacial score (nSPS) is 12.5. The Morgan fingerprint density at radius 1 is 0.543 bits per heavy atom. The first-order chi connectivity index (χ1) is 17.3. The number of para-hydroxylation sites is 1. The highest BCUT2D eigenvalue weighted by Gasteiger charge is 2.26. The molecule has 0 N–H and O–H groups in total. The molecule has 0 bridgehead atoms. The van der Waals surface area contributed by atoms with Gasteiger partial charge in [0.25, 0.3) is 0 Å². The van der Waals surface area contributed by atoms with Gasteiger partial charge >= 0.3 is 0 Å². The van der Waals surface area contributed by atoms with Crippen molar-refractivity contribution in [3.63, 3.8) is 0 Å². The molecule has 5 heteroatoms. The van der Waals surface area contributed by atoms with E-state index in [0.717, 1.165) is 27.0 Å². The van der Waals surface area contributed by atoms with E-state index >= 15 is 0 Å². The van der Waals surface area contributed by atoms with Gasteiger partial charge in [0.05, 0.1) is 15.6 Å². The Balaban J connectivity index is 1.46. The van der Waals surface area contributed by atoms with E-state index in [2.05, 4.69) is 108 Å². The molecule has 7 rings (SSSR count). The van der Waals surface area contributed by atoms with Gasteiger partial charge in [-0.3, -0.25) is 0 Å². The molecular weight excluding hydrogens is 506 g/mol. The van der Waals surface area contributed by atoms with E-state index in [1.807, 2.05) is 17.4 Å². The van der Waals surface area contributed by atoms with E-state index in [1.54, 1.807) is 23.5 Å². The summed E-state index contributed by atoms with van der Waals surface area (Å²) in [6.07, 6.45) is 0. The number of hydrogen-bond donors (Lipinski definition) is 0. The molecule has 1 aliphatic heterocycles. The largest absolute Gasteiger partial charge is 0.309 e. The average Bonchev–Trinajstić information content (AvgIpc) is 3.28. The second kappa shape index (κ2) is 8.65. The van der Waals surface area contributed by atoms with Crippen molar-refractivity contribution in [3.8, 4) is 0 Å².